The predicted octanol–water partition coefficient (Wildman–Crippen LogP) is 2.30. The van der Waals surface area contributed by atoms with Crippen LogP contribution in [0.25, 0.3) is 0 Å². The second kappa shape index (κ2) is 8.87. The van der Waals surface area contributed by atoms with Crippen LogP contribution < -0.4 is 5.19 Å². The van der Waals surface area contributed by atoms with Crippen molar-refractivity contribution in [3.8, 4) is 6.07 Å². The lowest BCUT2D eigenvalue weighted by molar-refractivity contribution is 0.225. The van der Waals surface area contributed by atoms with Crippen LogP contribution in [0.15, 0.2) is 24.3 Å². The molecule has 0 aromatic heterocycles. The topological polar surface area (TPSA) is 42.2 Å². The first kappa shape index (κ1) is 14.9. The maximum atomic E-state index is 8.60. The van der Waals surface area contributed by atoms with Crippen LogP contribution in [0.3, 0.4) is 0 Å². The van der Waals surface area contributed by atoms with Crippen molar-refractivity contribution in [3.05, 3.63) is 29.8 Å². The first-order valence-corrected chi connectivity index (χ1v) is 7.72. The Labute approximate surface area is 111 Å². The van der Waals surface area contributed by atoms with Crippen LogP contribution >= 0.6 is 0 Å². The van der Waals surface area contributed by atoms with Gasteiger partial charge in [0.05, 0.1) is 6.07 Å². The zero-order chi connectivity index (χ0) is 13.2. The summed E-state index contributed by atoms with van der Waals surface area (Å²) >= 11 is 0. The van der Waals surface area contributed by atoms with Crippen molar-refractivity contribution < 1.29 is 8.85 Å². The first-order chi connectivity index (χ1) is 8.83. The fraction of sp³-hybridized carbons (Fsp3) is 0.500. The molecule has 18 heavy (non-hydrogen) atoms. The Bertz CT molecular complexity index is 384. The molecule has 0 saturated carbocycles. The van der Waals surface area contributed by atoms with Crippen LogP contribution in [-0.2, 0) is 15.3 Å². The average molecular weight is 262 g/mol. The summed E-state index contributed by atoms with van der Waals surface area (Å²) in [5.41, 5.74) is 1.25. The van der Waals surface area contributed by atoms with E-state index in [-0.39, 0.29) is 0 Å². The van der Waals surface area contributed by atoms with Crippen LogP contribution in [-0.4, -0.2) is 22.5 Å². The minimum absolute atomic E-state index is 0.597. The molecule has 0 aliphatic rings. The zero-order valence-electron chi connectivity index (χ0n) is 11.1. The van der Waals surface area contributed by atoms with Crippen LogP contribution in [0.5, 0.6) is 0 Å². The summed E-state index contributed by atoms with van der Waals surface area (Å²) in [5, 5.41) is 9.78. The molecule has 0 spiro atoms. The second-order valence-corrected chi connectivity index (χ2v) is 5.51. The molecule has 0 amide bonds. The van der Waals surface area contributed by atoms with Gasteiger partial charge >= 0.3 is 9.28 Å². The van der Waals surface area contributed by atoms with Gasteiger partial charge in [-0.3, -0.25) is 0 Å². The van der Waals surface area contributed by atoms with Gasteiger partial charge in [0.25, 0.3) is 0 Å². The van der Waals surface area contributed by atoms with E-state index in [1.54, 1.807) is 0 Å². The van der Waals surface area contributed by atoms with Gasteiger partial charge < -0.3 is 8.85 Å². The average Bonchev–Trinajstić information content (AvgIpc) is 2.39. The Balaban J connectivity index is 2.80. The number of nitriles is 1. The predicted molar refractivity (Wildman–Crippen MR) is 73.6 cm³/mol. The van der Waals surface area contributed by atoms with Gasteiger partial charge in [0.1, 0.15) is 0 Å². The molecule has 0 aliphatic carbocycles. The van der Waals surface area contributed by atoms with E-state index in [0.717, 1.165) is 12.8 Å². The summed E-state index contributed by atoms with van der Waals surface area (Å²) in [6.45, 7) is 5.31. The third-order valence-electron chi connectivity index (χ3n) is 2.52. The highest BCUT2D eigenvalue weighted by Gasteiger charge is 2.20. The van der Waals surface area contributed by atoms with E-state index in [2.05, 4.69) is 18.2 Å². The Morgan fingerprint density at radius 3 is 2.44 bits per heavy atom. The smallest absolute Gasteiger partial charge is 0.390 e. The first-order valence-electron chi connectivity index (χ1n) is 6.41. The Morgan fingerprint density at radius 1 is 1.17 bits per heavy atom. The summed E-state index contributed by atoms with van der Waals surface area (Å²) in [6.07, 6.45) is 2.40. The van der Waals surface area contributed by atoms with E-state index >= 15 is 0 Å². The molecule has 97 valence electrons. The lowest BCUT2D eigenvalue weighted by Crippen LogP contribution is -2.39. The number of hydrogen-bond donors (Lipinski definition) is 0. The number of aryl methyl sites for hydroxylation is 1. The highest BCUT2D eigenvalue weighted by molar-refractivity contribution is 6.61. The number of rotatable bonds is 8. The summed E-state index contributed by atoms with van der Waals surface area (Å²) in [4.78, 5) is 0. The van der Waals surface area contributed by atoms with Gasteiger partial charge in [0.2, 0.25) is 0 Å². The van der Waals surface area contributed by atoms with Crippen molar-refractivity contribution in [1.29, 1.82) is 5.26 Å². The zero-order valence-corrected chi connectivity index (χ0v) is 12.1. The van der Waals surface area contributed by atoms with E-state index in [1.807, 2.05) is 26.0 Å². The normalized spacial score (nSPS) is 10.6. The van der Waals surface area contributed by atoms with Gasteiger partial charge in [-0.15, -0.1) is 0 Å². The van der Waals surface area contributed by atoms with Crippen LogP contribution in [0, 0.1) is 11.3 Å². The lowest BCUT2D eigenvalue weighted by Gasteiger charge is -2.16. The number of nitrogens with zero attached hydrogens (tertiary/aromatic N) is 1. The summed E-state index contributed by atoms with van der Waals surface area (Å²) in [5.74, 6) is 0. The van der Waals surface area contributed by atoms with Crippen molar-refractivity contribution in [1.82, 2.24) is 0 Å². The Kier molecular flexibility index (Phi) is 7.34. The van der Waals surface area contributed by atoms with E-state index < -0.39 is 9.28 Å². The molecule has 4 heteroatoms. The Hall–Kier alpha value is -1.15. The summed E-state index contributed by atoms with van der Waals surface area (Å²) < 4.78 is 11.5. The van der Waals surface area contributed by atoms with Crippen molar-refractivity contribution in [3.63, 3.8) is 0 Å². The molecule has 1 aromatic carbocycles. The van der Waals surface area contributed by atoms with Gasteiger partial charge in [0, 0.05) is 19.6 Å². The maximum absolute atomic E-state index is 8.60. The molecule has 0 unspecified atom stereocenters. The van der Waals surface area contributed by atoms with Crippen LogP contribution in [0.1, 0.15) is 32.3 Å². The van der Waals surface area contributed by atoms with Crippen molar-refractivity contribution in [2.45, 2.75) is 33.1 Å². The molecule has 0 heterocycles. The molecule has 1 aromatic rings. The van der Waals surface area contributed by atoms with Gasteiger partial charge in [-0.1, -0.05) is 24.3 Å². The standard InChI is InChI=1S/C14H20NO2Si/c1-3-16-18(17-4-2)14-11-6-5-9-13(14)10-7-8-12-15/h5-6,9,11H,3-4,7-8,10H2,1-2H3. The van der Waals surface area contributed by atoms with Crippen molar-refractivity contribution >= 4 is 14.5 Å². The molecule has 3 nitrogen and oxygen atoms in total. The molecule has 0 atom stereocenters. The van der Waals surface area contributed by atoms with E-state index in [0.29, 0.717) is 19.6 Å². The fourth-order valence-corrected chi connectivity index (χ4v) is 3.38. The molecule has 1 rings (SSSR count). The van der Waals surface area contributed by atoms with Gasteiger partial charge in [-0.05, 0) is 37.4 Å². The summed E-state index contributed by atoms with van der Waals surface area (Å²) in [7, 11) is -1.37. The number of benzene rings is 1. The monoisotopic (exact) mass is 262 g/mol. The quantitative estimate of drug-likeness (QED) is 0.533. The minimum atomic E-state index is -1.37. The molecule has 0 fully saturated rings. The van der Waals surface area contributed by atoms with Crippen molar-refractivity contribution in [2.75, 3.05) is 13.2 Å². The molecular weight excluding hydrogens is 242 g/mol. The van der Waals surface area contributed by atoms with Gasteiger partial charge in [0.15, 0.2) is 0 Å². The molecule has 1 radical (unpaired) electrons. The van der Waals surface area contributed by atoms with Crippen LogP contribution in [0.4, 0.5) is 0 Å². The minimum Gasteiger partial charge on any atom is -0.390 e. The molecule has 0 aliphatic heterocycles. The Morgan fingerprint density at radius 2 is 1.83 bits per heavy atom. The van der Waals surface area contributed by atoms with E-state index in [1.165, 1.54) is 10.8 Å². The van der Waals surface area contributed by atoms with E-state index in [4.69, 9.17) is 14.1 Å². The third-order valence-corrected chi connectivity index (χ3v) is 4.55. The molecular formula is C14H20NO2Si. The SMILES string of the molecule is CCO[Si](OCC)c1ccccc1CCCC#N. The molecule has 0 saturated heterocycles. The molecule has 0 N–H and O–H groups in total. The number of hydrogen-bond acceptors (Lipinski definition) is 3. The second-order valence-electron chi connectivity index (χ2n) is 3.82. The van der Waals surface area contributed by atoms with Gasteiger partial charge in [-0.25, -0.2) is 0 Å². The highest BCUT2D eigenvalue weighted by atomic mass is 28.3. The molecule has 0 bridgehead atoms. The fourth-order valence-electron chi connectivity index (χ4n) is 1.75. The van der Waals surface area contributed by atoms with Crippen LogP contribution in [0.2, 0.25) is 0 Å². The van der Waals surface area contributed by atoms with Gasteiger partial charge in [-0.2, -0.15) is 5.26 Å². The largest absolute Gasteiger partial charge is 0.423 e. The van der Waals surface area contributed by atoms with E-state index in [9.17, 15) is 0 Å². The number of unbranched alkanes of at least 4 members (excludes halogenated alkanes) is 1. The maximum Gasteiger partial charge on any atom is 0.423 e. The highest BCUT2D eigenvalue weighted by Crippen LogP contribution is 2.05. The summed E-state index contributed by atoms with van der Waals surface area (Å²) in [6, 6.07) is 10.4. The third kappa shape index (κ3) is 4.61. The lowest BCUT2D eigenvalue weighted by atomic mass is 10.1. The van der Waals surface area contributed by atoms with Crippen molar-refractivity contribution in [2.24, 2.45) is 0 Å².